The second-order valence-electron chi connectivity index (χ2n) is 6.13. The van der Waals surface area contributed by atoms with Crippen LogP contribution < -0.4 is 0 Å². The van der Waals surface area contributed by atoms with Crippen molar-refractivity contribution in [1.82, 2.24) is 9.80 Å². The lowest BCUT2D eigenvalue weighted by molar-refractivity contribution is -0.144. The SMILES string of the molecule is CCN(CC)CCOC(=O)CCC(c1ccccc1)N(CCCl)CCCl.Cl. The number of alkyl halides is 2. The molecule has 0 fully saturated rings. The molecule has 156 valence electrons. The molecule has 27 heavy (non-hydrogen) atoms. The maximum Gasteiger partial charge on any atom is 0.305 e. The van der Waals surface area contributed by atoms with E-state index in [0.717, 1.165) is 32.7 Å². The Morgan fingerprint density at radius 3 is 2.15 bits per heavy atom. The predicted molar refractivity (Wildman–Crippen MR) is 117 cm³/mol. The number of rotatable bonds is 14. The molecule has 7 heteroatoms. The predicted octanol–water partition coefficient (Wildman–Crippen LogP) is 4.59. The maximum atomic E-state index is 12.2. The largest absolute Gasteiger partial charge is 0.464 e. The van der Waals surface area contributed by atoms with Gasteiger partial charge in [0.05, 0.1) is 0 Å². The summed E-state index contributed by atoms with van der Waals surface area (Å²) in [5.41, 5.74) is 1.18. The first-order chi connectivity index (χ1) is 12.7. The van der Waals surface area contributed by atoms with Gasteiger partial charge in [0, 0.05) is 43.9 Å². The van der Waals surface area contributed by atoms with Gasteiger partial charge in [0.2, 0.25) is 0 Å². The highest BCUT2D eigenvalue weighted by molar-refractivity contribution is 6.18. The van der Waals surface area contributed by atoms with Gasteiger partial charge in [-0.25, -0.2) is 0 Å². The summed E-state index contributed by atoms with van der Waals surface area (Å²) in [5, 5.41) is 0. The minimum absolute atomic E-state index is 0. The molecule has 0 aliphatic rings. The van der Waals surface area contributed by atoms with Crippen molar-refractivity contribution in [3.63, 3.8) is 0 Å². The second kappa shape index (κ2) is 16.4. The van der Waals surface area contributed by atoms with Gasteiger partial charge >= 0.3 is 5.97 Å². The molecule has 4 nitrogen and oxygen atoms in total. The summed E-state index contributed by atoms with van der Waals surface area (Å²) in [6.45, 7) is 8.87. The fraction of sp³-hybridized carbons (Fsp3) is 0.650. The third kappa shape index (κ3) is 10.6. The zero-order valence-corrected chi connectivity index (χ0v) is 18.7. The number of halogens is 3. The van der Waals surface area contributed by atoms with E-state index in [4.69, 9.17) is 27.9 Å². The minimum atomic E-state index is -0.144. The van der Waals surface area contributed by atoms with E-state index in [1.165, 1.54) is 5.56 Å². The average Bonchev–Trinajstić information content (AvgIpc) is 2.66. The van der Waals surface area contributed by atoms with Gasteiger partial charge in [-0.3, -0.25) is 9.69 Å². The van der Waals surface area contributed by atoms with Crippen LogP contribution in [0.5, 0.6) is 0 Å². The van der Waals surface area contributed by atoms with Crippen LogP contribution in [0, 0.1) is 0 Å². The molecule has 0 spiro atoms. The van der Waals surface area contributed by atoms with Crippen molar-refractivity contribution in [3.05, 3.63) is 35.9 Å². The Balaban J connectivity index is 0.00000676. The molecule has 0 heterocycles. The highest BCUT2D eigenvalue weighted by atomic mass is 35.5. The van der Waals surface area contributed by atoms with Gasteiger partial charge in [0.1, 0.15) is 6.61 Å². The second-order valence-corrected chi connectivity index (χ2v) is 6.88. The molecule has 0 aromatic heterocycles. The fourth-order valence-electron chi connectivity index (χ4n) is 3.03. The summed E-state index contributed by atoms with van der Waals surface area (Å²) in [4.78, 5) is 16.7. The summed E-state index contributed by atoms with van der Waals surface area (Å²) >= 11 is 11.9. The number of likely N-dealkylation sites (N-methyl/N-ethyl adjacent to an activating group) is 1. The molecule has 0 N–H and O–H groups in total. The Kier molecular flexibility index (Phi) is 16.1. The Morgan fingerprint density at radius 1 is 1.04 bits per heavy atom. The van der Waals surface area contributed by atoms with Crippen molar-refractivity contribution in [2.45, 2.75) is 32.7 Å². The average molecular weight is 440 g/mol. The monoisotopic (exact) mass is 438 g/mol. The van der Waals surface area contributed by atoms with Crippen LogP contribution in [0.2, 0.25) is 0 Å². The molecule has 1 atom stereocenters. The zero-order valence-electron chi connectivity index (χ0n) is 16.4. The number of benzene rings is 1. The first-order valence-electron chi connectivity index (χ1n) is 9.45. The molecule has 0 saturated heterocycles. The normalized spacial score (nSPS) is 12.1. The Hall–Kier alpha value is -0.520. The molecule has 0 saturated carbocycles. The lowest BCUT2D eigenvalue weighted by Crippen LogP contribution is -2.33. The van der Waals surface area contributed by atoms with Crippen LogP contribution in [0.25, 0.3) is 0 Å². The molecule has 0 amide bonds. The Labute approximate surface area is 180 Å². The number of hydrogen-bond donors (Lipinski definition) is 0. The van der Waals surface area contributed by atoms with Crippen LogP contribution in [0.15, 0.2) is 30.3 Å². The van der Waals surface area contributed by atoms with Crippen molar-refractivity contribution in [3.8, 4) is 0 Å². The summed E-state index contributed by atoms with van der Waals surface area (Å²) in [7, 11) is 0. The van der Waals surface area contributed by atoms with E-state index in [2.05, 4.69) is 35.8 Å². The first-order valence-corrected chi connectivity index (χ1v) is 10.5. The number of carbonyl (C=O) groups excluding carboxylic acids is 1. The van der Waals surface area contributed by atoms with Crippen molar-refractivity contribution >= 4 is 41.6 Å². The molecular formula is C20H33Cl3N2O2. The van der Waals surface area contributed by atoms with Gasteiger partial charge < -0.3 is 9.64 Å². The van der Waals surface area contributed by atoms with Gasteiger partial charge in [-0.2, -0.15) is 0 Å². The molecule has 1 unspecified atom stereocenters. The molecule has 1 aromatic rings. The number of ether oxygens (including phenoxy) is 1. The van der Waals surface area contributed by atoms with Crippen LogP contribution >= 0.6 is 35.6 Å². The van der Waals surface area contributed by atoms with E-state index < -0.39 is 0 Å². The van der Waals surface area contributed by atoms with Crippen LogP contribution in [0.1, 0.15) is 38.3 Å². The van der Waals surface area contributed by atoms with Gasteiger partial charge in [0.25, 0.3) is 0 Å². The molecule has 1 aromatic carbocycles. The standard InChI is InChI=1S/C20H32Cl2N2O2.ClH/c1-3-23(4-2)16-17-26-20(25)11-10-19(18-8-6-5-7-9-18)24(14-12-21)15-13-22;/h5-9,19H,3-4,10-17H2,1-2H3;1H. The number of nitrogens with zero attached hydrogens (tertiary/aromatic N) is 2. The Morgan fingerprint density at radius 2 is 1.63 bits per heavy atom. The highest BCUT2D eigenvalue weighted by Gasteiger charge is 2.21. The fourth-order valence-corrected chi connectivity index (χ4v) is 3.47. The molecular weight excluding hydrogens is 407 g/mol. The summed E-state index contributed by atoms with van der Waals surface area (Å²) in [5.74, 6) is 0.929. The van der Waals surface area contributed by atoms with E-state index in [1.54, 1.807) is 0 Å². The zero-order chi connectivity index (χ0) is 19.2. The number of hydrogen-bond acceptors (Lipinski definition) is 4. The number of esters is 1. The van der Waals surface area contributed by atoms with Crippen LogP contribution in [-0.2, 0) is 9.53 Å². The summed E-state index contributed by atoms with van der Waals surface area (Å²) < 4.78 is 5.41. The third-order valence-corrected chi connectivity index (χ3v) is 4.89. The van der Waals surface area contributed by atoms with Crippen LogP contribution in [0.4, 0.5) is 0 Å². The van der Waals surface area contributed by atoms with Crippen molar-refractivity contribution in [1.29, 1.82) is 0 Å². The van der Waals surface area contributed by atoms with Gasteiger partial charge in [-0.15, -0.1) is 35.6 Å². The van der Waals surface area contributed by atoms with Crippen molar-refractivity contribution in [2.24, 2.45) is 0 Å². The van der Waals surface area contributed by atoms with Crippen LogP contribution in [-0.4, -0.2) is 66.9 Å². The minimum Gasteiger partial charge on any atom is -0.464 e. The van der Waals surface area contributed by atoms with Crippen molar-refractivity contribution in [2.75, 3.05) is 51.1 Å². The molecule has 0 bridgehead atoms. The molecule has 1 rings (SSSR count). The topological polar surface area (TPSA) is 32.8 Å². The highest BCUT2D eigenvalue weighted by Crippen LogP contribution is 2.26. The van der Waals surface area contributed by atoms with Crippen molar-refractivity contribution < 1.29 is 9.53 Å². The maximum absolute atomic E-state index is 12.2. The molecule has 0 aliphatic carbocycles. The molecule has 0 aliphatic heterocycles. The van der Waals surface area contributed by atoms with E-state index in [9.17, 15) is 4.79 Å². The number of carbonyl (C=O) groups is 1. The quantitative estimate of drug-likeness (QED) is 0.313. The van der Waals surface area contributed by atoms with E-state index >= 15 is 0 Å². The van der Waals surface area contributed by atoms with Crippen LogP contribution in [0.3, 0.4) is 0 Å². The van der Waals surface area contributed by atoms with Gasteiger partial charge in [-0.05, 0) is 25.1 Å². The van der Waals surface area contributed by atoms with Gasteiger partial charge in [-0.1, -0.05) is 44.2 Å². The smallest absolute Gasteiger partial charge is 0.305 e. The Bertz CT molecular complexity index is 481. The van der Waals surface area contributed by atoms with Gasteiger partial charge in [0.15, 0.2) is 0 Å². The third-order valence-electron chi connectivity index (χ3n) is 4.56. The summed E-state index contributed by atoms with van der Waals surface area (Å²) in [6, 6.07) is 10.3. The van der Waals surface area contributed by atoms with E-state index in [1.807, 2.05) is 18.2 Å². The first kappa shape index (κ1) is 26.5. The summed E-state index contributed by atoms with van der Waals surface area (Å²) in [6.07, 6.45) is 1.08. The lowest BCUT2D eigenvalue weighted by Gasteiger charge is -2.31. The van der Waals surface area contributed by atoms with E-state index in [-0.39, 0.29) is 24.4 Å². The lowest BCUT2D eigenvalue weighted by atomic mass is 10.00. The van der Waals surface area contributed by atoms with E-state index in [0.29, 0.717) is 31.2 Å². The molecule has 0 radical (unpaired) electrons.